The third-order valence-electron chi connectivity index (χ3n) is 1.48. The maximum Gasteiger partial charge on any atom is 0.303 e. The molecule has 1 N–H and O–H groups in total. The molecule has 1 aromatic rings. The largest absolute Gasteiger partial charge is 0.481 e. The molecule has 0 heterocycles. The standard InChI is InChI=1S/C10H11NO2/c12-10(13)7-4-8-11-9-5-2-1-3-6-9/h1-3,5-6,8H,4,7H2,(H,12,13). The third kappa shape index (κ3) is 4.06. The molecule has 68 valence electrons. The number of carbonyl (C=O) groups is 1. The Bertz CT molecular complexity index is 293. The first-order valence-corrected chi connectivity index (χ1v) is 4.08. The first-order chi connectivity index (χ1) is 6.29. The number of rotatable bonds is 4. The van der Waals surface area contributed by atoms with Crippen molar-refractivity contribution in [3.05, 3.63) is 30.3 Å². The SMILES string of the molecule is O=C(O)CCC=Nc1ccccc1. The molecule has 0 amide bonds. The monoisotopic (exact) mass is 177 g/mol. The van der Waals surface area contributed by atoms with Gasteiger partial charge in [-0.05, 0) is 18.6 Å². The van der Waals surface area contributed by atoms with Gasteiger partial charge in [0.25, 0.3) is 0 Å². The van der Waals surface area contributed by atoms with Crippen LogP contribution in [0.3, 0.4) is 0 Å². The zero-order chi connectivity index (χ0) is 9.52. The van der Waals surface area contributed by atoms with E-state index in [1.807, 2.05) is 30.3 Å². The first kappa shape index (κ1) is 9.45. The van der Waals surface area contributed by atoms with Gasteiger partial charge in [-0.15, -0.1) is 0 Å². The van der Waals surface area contributed by atoms with Crippen LogP contribution >= 0.6 is 0 Å². The van der Waals surface area contributed by atoms with E-state index in [0.717, 1.165) is 5.69 Å². The Labute approximate surface area is 76.7 Å². The van der Waals surface area contributed by atoms with Gasteiger partial charge in [-0.2, -0.15) is 0 Å². The number of hydrogen-bond acceptors (Lipinski definition) is 2. The van der Waals surface area contributed by atoms with Crippen LogP contribution in [-0.4, -0.2) is 17.3 Å². The predicted octanol–water partition coefficient (Wildman–Crippen LogP) is 2.25. The molecule has 1 aromatic carbocycles. The van der Waals surface area contributed by atoms with Crippen molar-refractivity contribution in [2.45, 2.75) is 12.8 Å². The number of hydrogen-bond donors (Lipinski definition) is 1. The Hall–Kier alpha value is -1.64. The number of benzene rings is 1. The lowest BCUT2D eigenvalue weighted by Gasteiger charge is -1.90. The Kier molecular flexibility index (Phi) is 3.70. The van der Waals surface area contributed by atoms with E-state index in [9.17, 15) is 4.79 Å². The number of carboxylic acids is 1. The second-order valence-corrected chi connectivity index (χ2v) is 2.58. The fourth-order valence-electron chi connectivity index (χ4n) is 0.872. The fourth-order valence-corrected chi connectivity index (χ4v) is 0.872. The molecule has 3 heteroatoms. The lowest BCUT2D eigenvalue weighted by atomic mass is 10.3. The van der Waals surface area contributed by atoms with Gasteiger partial charge in [0.05, 0.1) is 12.1 Å². The smallest absolute Gasteiger partial charge is 0.303 e. The molecule has 1 rings (SSSR count). The Morgan fingerprint density at radius 1 is 1.38 bits per heavy atom. The molecular weight excluding hydrogens is 166 g/mol. The molecule has 0 saturated carbocycles. The van der Waals surface area contributed by atoms with Crippen molar-refractivity contribution in [3.8, 4) is 0 Å². The molecule has 13 heavy (non-hydrogen) atoms. The summed E-state index contributed by atoms with van der Waals surface area (Å²) >= 11 is 0. The first-order valence-electron chi connectivity index (χ1n) is 4.08. The van der Waals surface area contributed by atoms with Crippen LogP contribution in [0.15, 0.2) is 35.3 Å². The second kappa shape index (κ2) is 5.09. The minimum Gasteiger partial charge on any atom is -0.481 e. The molecule has 0 unspecified atom stereocenters. The summed E-state index contributed by atoms with van der Waals surface area (Å²) in [6.45, 7) is 0. The highest BCUT2D eigenvalue weighted by atomic mass is 16.4. The van der Waals surface area contributed by atoms with Crippen LogP contribution in [0.1, 0.15) is 12.8 Å². The van der Waals surface area contributed by atoms with E-state index >= 15 is 0 Å². The van der Waals surface area contributed by atoms with E-state index in [-0.39, 0.29) is 6.42 Å². The van der Waals surface area contributed by atoms with Gasteiger partial charge < -0.3 is 5.11 Å². The average Bonchev–Trinajstić information content (AvgIpc) is 2.14. The molecule has 0 spiro atoms. The predicted molar refractivity (Wildman–Crippen MR) is 51.5 cm³/mol. The lowest BCUT2D eigenvalue weighted by molar-refractivity contribution is -0.136. The summed E-state index contributed by atoms with van der Waals surface area (Å²) in [6.07, 6.45) is 2.24. The van der Waals surface area contributed by atoms with E-state index in [2.05, 4.69) is 4.99 Å². The molecule has 0 aliphatic heterocycles. The van der Waals surface area contributed by atoms with Crippen molar-refractivity contribution >= 4 is 17.9 Å². The molecule has 0 fully saturated rings. The summed E-state index contributed by atoms with van der Waals surface area (Å²) < 4.78 is 0. The summed E-state index contributed by atoms with van der Waals surface area (Å²) in [5.74, 6) is -0.792. The van der Waals surface area contributed by atoms with E-state index in [0.29, 0.717) is 6.42 Å². The second-order valence-electron chi connectivity index (χ2n) is 2.58. The maximum atomic E-state index is 10.1. The van der Waals surface area contributed by atoms with Crippen LogP contribution in [0.5, 0.6) is 0 Å². The third-order valence-corrected chi connectivity index (χ3v) is 1.48. The van der Waals surface area contributed by atoms with Crippen molar-refractivity contribution in [2.75, 3.05) is 0 Å². The number of aliphatic imine (C=N–C) groups is 1. The summed E-state index contributed by atoms with van der Waals surface area (Å²) in [5.41, 5.74) is 0.855. The molecule has 0 radical (unpaired) electrons. The van der Waals surface area contributed by atoms with Crippen molar-refractivity contribution < 1.29 is 9.90 Å². The molecule has 3 nitrogen and oxygen atoms in total. The highest BCUT2D eigenvalue weighted by molar-refractivity contribution is 5.72. The van der Waals surface area contributed by atoms with Crippen molar-refractivity contribution in [2.24, 2.45) is 4.99 Å². The van der Waals surface area contributed by atoms with Crippen LogP contribution < -0.4 is 0 Å². The molecule has 0 saturated heterocycles. The minimum atomic E-state index is -0.792. The number of carboxylic acid groups (broad SMARTS) is 1. The molecular formula is C10H11NO2. The molecule has 0 bridgehead atoms. The van der Waals surface area contributed by atoms with Gasteiger partial charge in [0.15, 0.2) is 0 Å². The summed E-state index contributed by atoms with van der Waals surface area (Å²) in [5, 5.41) is 8.35. The van der Waals surface area contributed by atoms with E-state index in [1.165, 1.54) is 0 Å². The lowest BCUT2D eigenvalue weighted by Crippen LogP contribution is -1.93. The quantitative estimate of drug-likeness (QED) is 0.717. The van der Waals surface area contributed by atoms with Gasteiger partial charge in [0.2, 0.25) is 0 Å². The van der Waals surface area contributed by atoms with E-state index in [1.54, 1.807) is 6.21 Å². The topological polar surface area (TPSA) is 49.7 Å². The van der Waals surface area contributed by atoms with Gasteiger partial charge in [0, 0.05) is 6.21 Å². The van der Waals surface area contributed by atoms with Gasteiger partial charge >= 0.3 is 5.97 Å². The molecule has 0 aromatic heterocycles. The highest BCUT2D eigenvalue weighted by Crippen LogP contribution is 2.08. The molecule has 0 aliphatic rings. The number of aliphatic carboxylic acids is 1. The van der Waals surface area contributed by atoms with Crippen LogP contribution in [-0.2, 0) is 4.79 Å². The summed E-state index contributed by atoms with van der Waals surface area (Å²) in [4.78, 5) is 14.2. The highest BCUT2D eigenvalue weighted by Gasteiger charge is 1.92. The minimum absolute atomic E-state index is 0.135. The Morgan fingerprint density at radius 2 is 2.08 bits per heavy atom. The molecule has 0 atom stereocenters. The van der Waals surface area contributed by atoms with Crippen molar-refractivity contribution in [1.82, 2.24) is 0 Å². The van der Waals surface area contributed by atoms with Crippen LogP contribution in [0.25, 0.3) is 0 Å². The fraction of sp³-hybridized carbons (Fsp3) is 0.200. The average molecular weight is 177 g/mol. The van der Waals surface area contributed by atoms with Gasteiger partial charge in [-0.3, -0.25) is 9.79 Å². The molecule has 0 aliphatic carbocycles. The summed E-state index contributed by atoms with van der Waals surface area (Å²) in [7, 11) is 0. The Morgan fingerprint density at radius 3 is 2.69 bits per heavy atom. The van der Waals surface area contributed by atoms with Crippen LogP contribution in [0.2, 0.25) is 0 Å². The van der Waals surface area contributed by atoms with E-state index in [4.69, 9.17) is 5.11 Å². The van der Waals surface area contributed by atoms with E-state index < -0.39 is 5.97 Å². The van der Waals surface area contributed by atoms with Gasteiger partial charge in [-0.1, -0.05) is 18.2 Å². The van der Waals surface area contributed by atoms with Gasteiger partial charge in [-0.25, -0.2) is 0 Å². The van der Waals surface area contributed by atoms with Crippen LogP contribution in [0.4, 0.5) is 5.69 Å². The van der Waals surface area contributed by atoms with Crippen molar-refractivity contribution in [1.29, 1.82) is 0 Å². The van der Waals surface area contributed by atoms with Crippen molar-refractivity contribution in [3.63, 3.8) is 0 Å². The Balaban J connectivity index is 2.37. The van der Waals surface area contributed by atoms with Gasteiger partial charge in [0.1, 0.15) is 0 Å². The summed E-state index contributed by atoms with van der Waals surface area (Å²) in [6, 6.07) is 9.44. The zero-order valence-corrected chi connectivity index (χ0v) is 7.18. The number of para-hydroxylation sites is 1. The maximum absolute atomic E-state index is 10.1. The van der Waals surface area contributed by atoms with Crippen LogP contribution in [0, 0.1) is 0 Å². The zero-order valence-electron chi connectivity index (χ0n) is 7.18. The number of nitrogens with zero attached hydrogens (tertiary/aromatic N) is 1. The normalized spacial score (nSPS) is 10.5.